The van der Waals surface area contributed by atoms with Crippen LogP contribution < -0.4 is 16.4 Å². The predicted molar refractivity (Wildman–Crippen MR) is 69.4 cm³/mol. The Hall–Kier alpha value is -1.28. The lowest BCUT2D eigenvalue weighted by molar-refractivity contribution is -0.139. The van der Waals surface area contributed by atoms with Crippen LogP contribution in [0.15, 0.2) is 0 Å². The van der Waals surface area contributed by atoms with E-state index in [2.05, 4.69) is 10.6 Å². The van der Waals surface area contributed by atoms with E-state index in [0.29, 0.717) is 5.75 Å². The Kier molecular flexibility index (Phi) is 6.71. The van der Waals surface area contributed by atoms with Gasteiger partial charge in [0.1, 0.15) is 6.04 Å². The summed E-state index contributed by atoms with van der Waals surface area (Å²) in [7, 11) is 1.41. The molecule has 0 heterocycles. The smallest absolute Gasteiger partial charge is 0.321 e. The fourth-order valence-corrected chi connectivity index (χ4v) is 2.14. The number of nitrogens with one attached hydrogen (secondary N) is 2. The summed E-state index contributed by atoms with van der Waals surface area (Å²) in [4.78, 5) is 32.9. The fraction of sp³-hybridized carbons (Fsp3) is 0.700. The highest BCUT2D eigenvalue weighted by Crippen LogP contribution is 2.27. The molecule has 3 amide bonds. The molecule has 18 heavy (non-hydrogen) atoms. The Labute approximate surface area is 110 Å². The first-order valence-electron chi connectivity index (χ1n) is 5.34. The SMILES string of the molecule is CNC(=O)NC(=O)CCSC(C)(C)[C@H](N)C(=O)O. The van der Waals surface area contributed by atoms with Crippen LogP contribution in [0, 0.1) is 0 Å². The molecule has 5 N–H and O–H groups in total. The number of thioether (sulfide) groups is 1. The molecular weight excluding hydrogens is 258 g/mol. The summed E-state index contributed by atoms with van der Waals surface area (Å²) in [6.45, 7) is 3.40. The Morgan fingerprint density at radius 3 is 2.39 bits per heavy atom. The van der Waals surface area contributed by atoms with E-state index in [9.17, 15) is 14.4 Å². The van der Waals surface area contributed by atoms with Crippen molar-refractivity contribution in [2.24, 2.45) is 5.73 Å². The molecule has 0 aromatic carbocycles. The average molecular weight is 277 g/mol. The highest BCUT2D eigenvalue weighted by atomic mass is 32.2. The van der Waals surface area contributed by atoms with Gasteiger partial charge in [0.05, 0.1) is 0 Å². The van der Waals surface area contributed by atoms with Crippen molar-refractivity contribution < 1.29 is 19.5 Å². The first-order chi connectivity index (χ1) is 8.20. The van der Waals surface area contributed by atoms with E-state index >= 15 is 0 Å². The van der Waals surface area contributed by atoms with Crippen molar-refractivity contribution >= 4 is 29.7 Å². The van der Waals surface area contributed by atoms with E-state index in [4.69, 9.17) is 10.8 Å². The van der Waals surface area contributed by atoms with Gasteiger partial charge in [0, 0.05) is 24.0 Å². The minimum atomic E-state index is -1.08. The zero-order valence-electron chi connectivity index (χ0n) is 10.6. The minimum Gasteiger partial charge on any atom is -0.480 e. The second-order valence-electron chi connectivity index (χ2n) is 4.15. The molecule has 104 valence electrons. The van der Waals surface area contributed by atoms with Crippen LogP contribution in [0.25, 0.3) is 0 Å². The third kappa shape index (κ3) is 5.87. The number of nitrogens with two attached hydrogens (primary N) is 1. The molecule has 0 spiro atoms. The fourth-order valence-electron chi connectivity index (χ4n) is 1.05. The van der Waals surface area contributed by atoms with Gasteiger partial charge >= 0.3 is 12.0 Å². The van der Waals surface area contributed by atoms with Crippen molar-refractivity contribution in [1.29, 1.82) is 0 Å². The Morgan fingerprint density at radius 1 is 1.39 bits per heavy atom. The highest BCUT2D eigenvalue weighted by Gasteiger charge is 2.32. The summed E-state index contributed by atoms with van der Waals surface area (Å²) < 4.78 is -0.681. The molecule has 0 unspecified atom stereocenters. The summed E-state index contributed by atoms with van der Waals surface area (Å²) in [5.74, 6) is -1.11. The van der Waals surface area contributed by atoms with E-state index in [0.717, 1.165) is 0 Å². The number of imide groups is 1. The molecule has 0 aliphatic carbocycles. The first-order valence-corrected chi connectivity index (χ1v) is 6.33. The zero-order valence-corrected chi connectivity index (χ0v) is 11.5. The van der Waals surface area contributed by atoms with Crippen molar-refractivity contribution in [1.82, 2.24) is 10.6 Å². The Morgan fingerprint density at radius 2 is 1.94 bits per heavy atom. The quantitative estimate of drug-likeness (QED) is 0.531. The van der Waals surface area contributed by atoms with Gasteiger partial charge in [-0.2, -0.15) is 11.8 Å². The van der Waals surface area contributed by atoms with E-state index in [1.807, 2.05) is 0 Å². The summed E-state index contributed by atoms with van der Waals surface area (Å²) in [6.07, 6.45) is 0.119. The van der Waals surface area contributed by atoms with Crippen LogP contribution in [0.1, 0.15) is 20.3 Å². The monoisotopic (exact) mass is 277 g/mol. The van der Waals surface area contributed by atoms with Crippen LogP contribution in [-0.4, -0.2) is 46.6 Å². The van der Waals surface area contributed by atoms with Crippen molar-refractivity contribution in [3.63, 3.8) is 0 Å². The van der Waals surface area contributed by atoms with Crippen LogP contribution in [0.2, 0.25) is 0 Å². The average Bonchev–Trinajstić information content (AvgIpc) is 2.27. The third-order valence-electron chi connectivity index (χ3n) is 2.30. The first kappa shape index (κ1) is 16.7. The van der Waals surface area contributed by atoms with Crippen molar-refractivity contribution in [2.45, 2.75) is 31.1 Å². The molecule has 8 heteroatoms. The normalized spacial score (nSPS) is 12.7. The van der Waals surface area contributed by atoms with E-state index in [-0.39, 0.29) is 6.42 Å². The molecule has 0 radical (unpaired) electrons. The van der Waals surface area contributed by atoms with Gasteiger partial charge < -0.3 is 16.2 Å². The maximum Gasteiger partial charge on any atom is 0.321 e. The second-order valence-corrected chi connectivity index (χ2v) is 5.89. The molecule has 1 atom stereocenters. The molecule has 7 nitrogen and oxygen atoms in total. The van der Waals surface area contributed by atoms with Crippen LogP contribution in [0.5, 0.6) is 0 Å². The summed E-state index contributed by atoms with van der Waals surface area (Å²) in [5.41, 5.74) is 5.53. The lowest BCUT2D eigenvalue weighted by atomic mass is 10.1. The van der Waals surface area contributed by atoms with Crippen LogP contribution >= 0.6 is 11.8 Å². The van der Waals surface area contributed by atoms with Gasteiger partial charge in [-0.3, -0.25) is 14.9 Å². The van der Waals surface area contributed by atoms with E-state index < -0.39 is 28.7 Å². The zero-order chi connectivity index (χ0) is 14.3. The van der Waals surface area contributed by atoms with Crippen molar-refractivity contribution in [3.05, 3.63) is 0 Å². The largest absolute Gasteiger partial charge is 0.480 e. The van der Waals surface area contributed by atoms with Gasteiger partial charge in [0.2, 0.25) is 5.91 Å². The number of carbonyl (C=O) groups is 3. The molecule has 0 bridgehead atoms. The van der Waals surface area contributed by atoms with Gasteiger partial charge in [0.25, 0.3) is 0 Å². The van der Waals surface area contributed by atoms with E-state index in [1.54, 1.807) is 13.8 Å². The van der Waals surface area contributed by atoms with Crippen LogP contribution in [-0.2, 0) is 9.59 Å². The lowest BCUT2D eigenvalue weighted by Crippen LogP contribution is -2.47. The molecule has 0 fully saturated rings. The number of amides is 3. The molecule has 0 saturated heterocycles. The lowest BCUT2D eigenvalue weighted by Gasteiger charge is -2.27. The Balaban J connectivity index is 4.07. The Bertz CT molecular complexity index is 333. The number of aliphatic carboxylic acids is 1. The standard InChI is InChI=1S/C10H19N3O4S/c1-10(2,7(11)8(15)16)18-5-4-6(14)13-9(17)12-3/h7H,4-5,11H2,1-3H3,(H,15,16)(H2,12,13,14,17)/t7-/m1/s1. The number of hydrogen-bond acceptors (Lipinski definition) is 5. The molecule has 0 aliphatic heterocycles. The second kappa shape index (κ2) is 7.22. The van der Waals surface area contributed by atoms with Crippen LogP contribution in [0.4, 0.5) is 4.79 Å². The van der Waals surface area contributed by atoms with Crippen molar-refractivity contribution in [3.8, 4) is 0 Å². The van der Waals surface area contributed by atoms with E-state index in [1.165, 1.54) is 18.8 Å². The number of carbonyl (C=O) groups excluding carboxylic acids is 2. The minimum absolute atomic E-state index is 0.119. The van der Waals surface area contributed by atoms with Gasteiger partial charge in [-0.1, -0.05) is 0 Å². The number of urea groups is 1. The number of rotatable bonds is 6. The topological polar surface area (TPSA) is 122 Å². The molecular formula is C10H19N3O4S. The summed E-state index contributed by atoms with van der Waals surface area (Å²) in [6, 6.07) is -1.57. The maximum absolute atomic E-state index is 11.3. The molecule has 0 rings (SSSR count). The summed E-state index contributed by atoms with van der Waals surface area (Å²) in [5, 5.41) is 13.2. The van der Waals surface area contributed by atoms with Crippen LogP contribution in [0.3, 0.4) is 0 Å². The third-order valence-corrected chi connectivity index (χ3v) is 3.70. The molecule has 0 aromatic heterocycles. The maximum atomic E-state index is 11.3. The van der Waals surface area contributed by atoms with Gasteiger partial charge in [-0.15, -0.1) is 0 Å². The predicted octanol–water partition coefficient (Wildman–Crippen LogP) is -0.244. The van der Waals surface area contributed by atoms with Gasteiger partial charge in [0.15, 0.2) is 0 Å². The summed E-state index contributed by atoms with van der Waals surface area (Å²) >= 11 is 1.28. The molecule has 0 saturated carbocycles. The van der Waals surface area contributed by atoms with Gasteiger partial charge in [-0.05, 0) is 13.8 Å². The highest BCUT2D eigenvalue weighted by molar-refractivity contribution is 8.00. The number of carboxylic acids is 1. The molecule has 0 aliphatic rings. The molecule has 0 aromatic rings. The number of hydrogen-bond donors (Lipinski definition) is 4. The van der Waals surface area contributed by atoms with Gasteiger partial charge in [-0.25, -0.2) is 4.79 Å². The number of carboxylic acid groups (broad SMARTS) is 1. The van der Waals surface area contributed by atoms with Crippen molar-refractivity contribution in [2.75, 3.05) is 12.8 Å².